The molecule has 6 nitrogen and oxygen atoms in total. The molecule has 2 rings (SSSR count). The van der Waals surface area contributed by atoms with Crippen molar-refractivity contribution in [2.24, 2.45) is 11.7 Å². The summed E-state index contributed by atoms with van der Waals surface area (Å²) in [7, 11) is -2.59. The number of benzene rings is 1. The zero-order valence-electron chi connectivity index (χ0n) is 20.4. The summed E-state index contributed by atoms with van der Waals surface area (Å²) in [4.78, 5) is 15.3. The molecule has 1 aliphatic heterocycles. The van der Waals surface area contributed by atoms with Crippen molar-refractivity contribution >= 4 is 22.4 Å². The monoisotopic (exact) mass is 477 g/mol. The van der Waals surface area contributed by atoms with Crippen LogP contribution in [0.15, 0.2) is 24.3 Å². The van der Waals surface area contributed by atoms with Gasteiger partial charge in [0.05, 0.1) is 6.61 Å². The summed E-state index contributed by atoms with van der Waals surface area (Å²) in [6, 6.07) is 7.54. The van der Waals surface area contributed by atoms with Crippen LogP contribution < -0.4 is 15.4 Å². The Balaban J connectivity index is 0.00000144. The molecule has 1 heterocycles. The van der Waals surface area contributed by atoms with E-state index in [0.29, 0.717) is 26.1 Å². The van der Waals surface area contributed by atoms with E-state index < -0.39 is 27.7 Å². The van der Waals surface area contributed by atoms with Gasteiger partial charge >= 0.3 is 11.2 Å². The molecule has 0 aromatic heterocycles. The Labute approximate surface area is 194 Å². The molecule has 1 aromatic rings. The summed E-state index contributed by atoms with van der Waals surface area (Å²) in [5, 5.41) is -3.90. The van der Waals surface area contributed by atoms with Crippen molar-refractivity contribution < 1.29 is 22.5 Å². The third-order valence-corrected chi connectivity index (χ3v) is 5.49. The van der Waals surface area contributed by atoms with Crippen molar-refractivity contribution in [1.82, 2.24) is 4.90 Å². The van der Waals surface area contributed by atoms with Crippen LogP contribution in [0.25, 0.3) is 0 Å². The first-order valence-corrected chi connectivity index (χ1v) is 12.7. The lowest BCUT2D eigenvalue weighted by Crippen LogP contribution is -2.48. The summed E-state index contributed by atoms with van der Waals surface area (Å²) < 4.78 is 45.2. The molecule has 0 radical (unpaired) electrons. The van der Waals surface area contributed by atoms with Crippen LogP contribution in [-0.4, -0.2) is 65.4 Å². The topological polar surface area (TPSA) is 75.9 Å². The van der Waals surface area contributed by atoms with Gasteiger partial charge < -0.3 is 20.3 Å². The maximum Gasteiger partial charge on any atom is 0.397 e. The van der Waals surface area contributed by atoms with Crippen molar-refractivity contribution in [3.05, 3.63) is 24.3 Å². The number of carbonyl (C=O) groups excluding carboxylic acids is 1. The lowest BCUT2D eigenvalue weighted by atomic mass is 10.2. The van der Waals surface area contributed by atoms with Crippen LogP contribution in [0.1, 0.15) is 48.0 Å². The number of hydrogen-bond donors (Lipinski definition) is 1. The summed E-state index contributed by atoms with van der Waals surface area (Å²) in [5.41, 5.74) is 6.12. The molecule has 9 heteroatoms. The van der Waals surface area contributed by atoms with Gasteiger partial charge in [0.2, 0.25) is 0 Å². The van der Waals surface area contributed by atoms with E-state index in [4.69, 9.17) is 10.5 Å². The van der Waals surface area contributed by atoms with Crippen molar-refractivity contribution in [2.45, 2.75) is 53.2 Å². The number of halogens is 2. The first-order chi connectivity index (χ1) is 15.1. The highest BCUT2D eigenvalue weighted by molar-refractivity contribution is 7.86. The molecule has 1 fully saturated rings. The number of rotatable bonds is 7. The number of nitrogens with zero attached hydrogens (tertiary/aromatic N) is 2. The van der Waals surface area contributed by atoms with Gasteiger partial charge in [0.1, 0.15) is 16.5 Å². The van der Waals surface area contributed by atoms with Gasteiger partial charge in [0.15, 0.2) is 0 Å². The zero-order valence-corrected chi connectivity index (χ0v) is 21.2. The summed E-state index contributed by atoms with van der Waals surface area (Å²) in [6.07, 6.45) is 0.554. The van der Waals surface area contributed by atoms with Gasteiger partial charge in [-0.15, -0.1) is 0 Å². The number of amides is 1. The molecule has 1 atom stereocenters. The summed E-state index contributed by atoms with van der Waals surface area (Å²) >= 11 is 0. The number of ether oxygens (including phenoxy) is 1. The van der Waals surface area contributed by atoms with Crippen LogP contribution >= 0.6 is 0 Å². The second kappa shape index (κ2) is 16.0. The van der Waals surface area contributed by atoms with Gasteiger partial charge in [0, 0.05) is 44.2 Å². The van der Waals surface area contributed by atoms with Gasteiger partial charge in [-0.25, -0.2) is 0 Å². The Morgan fingerprint density at radius 3 is 2.19 bits per heavy atom. The van der Waals surface area contributed by atoms with Crippen LogP contribution in [0.5, 0.6) is 5.75 Å². The largest absolute Gasteiger partial charge is 0.494 e. The minimum absolute atomic E-state index is 0.152. The minimum atomic E-state index is -3.90. The fourth-order valence-corrected chi connectivity index (χ4v) is 3.61. The fraction of sp³-hybridized carbons (Fsp3) is 0.696. The molecule has 32 heavy (non-hydrogen) atoms. The van der Waals surface area contributed by atoms with E-state index in [-0.39, 0.29) is 19.6 Å². The van der Waals surface area contributed by atoms with Crippen molar-refractivity contribution in [2.75, 3.05) is 50.0 Å². The predicted molar refractivity (Wildman–Crippen MR) is 130 cm³/mol. The van der Waals surface area contributed by atoms with Crippen LogP contribution in [-0.2, 0) is 15.6 Å². The highest BCUT2D eigenvalue weighted by atomic mass is 32.2. The lowest BCUT2D eigenvalue weighted by molar-refractivity contribution is -0.146. The summed E-state index contributed by atoms with van der Waals surface area (Å²) in [5.74, 6) is -0.173. The molecule has 1 unspecified atom stereocenters. The van der Waals surface area contributed by atoms with Crippen molar-refractivity contribution in [3.63, 3.8) is 0 Å². The second-order valence-electron chi connectivity index (χ2n) is 7.65. The molecule has 2 N–H and O–H groups in total. The van der Waals surface area contributed by atoms with Crippen molar-refractivity contribution in [3.8, 4) is 5.75 Å². The Bertz CT molecular complexity index is 670. The molecule has 0 spiro atoms. The molecule has 0 saturated carbocycles. The Morgan fingerprint density at radius 2 is 1.69 bits per heavy atom. The quantitative estimate of drug-likeness (QED) is 0.640. The normalized spacial score (nSPS) is 15.1. The predicted octanol–water partition coefficient (Wildman–Crippen LogP) is 4.11. The smallest absolute Gasteiger partial charge is 0.397 e. The zero-order chi connectivity index (χ0) is 24.7. The Morgan fingerprint density at radius 1 is 1.12 bits per heavy atom. The van der Waals surface area contributed by atoms with Gasteiger partial charge in [-0.05, 0) is 43.5 Å². The van der Waals surface area contributed by atoms with Gasteiger partial charge in [-0.1, -0.05) is 34.6 Å². The van der Waals surface area contributed by atoms with Gasteiger partial charge in [-0.3, -0.25) is 9.00 Å². The molecule has 1 aromatic carbocycles. The van der Waals surface area contributed by atoms with Crippen LogP contribution in [0, 0.1) is 5.92 Å². The standard InChI is InChI=1S/C17H25F2N3O3S.C4H10.C2H6/c1-2-25-15-6-4-14(5-7-15)21-9-3-10-22(12-11-21)16(23)17(18,19)26(24)13-8-20;1-4(2)3;1-2/h4-7H,2-3,8-13,20H2,1H3;4H,1-3H3;1-2H3. The second-order valence-corrected chi connectivity index (χ2v) is 9.26. The fourth-order valence-electron chi connectivity index (χ4n) is 2.82. The van der Waals surface area contributed by atoms with Crippen molar-refractivity contribution in [1.29, 1.82) is 0 Å². The van der Waals surface area contributed by atoms with Crippen LogP contribution in [0.4, 0.5) is 14.5 Å². The summed E-state index contributed by atoms with van der Waals surface area (Å²) in [6.45, 7) is 14.3. The molecule has 1 aliphatic rings. The Kier molecular flexibility index (Phi) is 15.1. The SMILES string of the molecule is CC.CC(C)C.CCOc1ccc(N2CCCN(C(=O)C(F)(F)S(=O)CCN)CC2)cc1. The lowest BCUT2D eigenvalue weighted by Gasteiger charge is -2.26. The van der Waals surface area contributed by atoms with E-state index in [1.165, 1.54) is 0 Å². The van der Waals surface area contributed by atoms with Crippen LogP contribution in [0.2, 0.25) is 0 Å². The molecule has 1 saturated heterocycles. The third-order valence-electron chi connectivity index (χ3n) is 4.13. The number of hydrogen-bond acceptors (Lipinski definition) is 5. The molecule has 186 valence electrons. The average molecular weight is 478 g/mol. The highest BCUT2D eigenvalue weighted by Gasteiger charge is 2.48. The average Bonchev–Trinajstić information content (AvgIpc) is 3.01. The Hall–Kier alpha value is -1.74. The highest BCUT2D eigenvalue weighted by Crippen LogP contribution is 2.25. The molecular weight excluding hydrogens is 436 g/mol. The van der Waals surface area contributed by atoms with E-state index in [9.17, 15) is 17.8 Å². The molecule has 0 aliphatic carbocycles. The number of anilines is 1. The number of alkyl halides is 2. The van der Waals surface area contributed by atoms with E-state index in [1.54, 1.807) is 0 Å². The third kappa shape index (κ3) is 10.3. The van der Waals surface area contributed by atoms with Gasteiger partial charge in [-0.2, -0.15) is 8.78 Å². The van der Waals surface area contributed by atoms with E-state index >= 15 is 0 Å². The number of nitrogens with two attached hydrogens (primary N) is 1. The van der Waals surface area contributed by atoms with Crippen LogP contribution in [0.3, 0.4) is 0 Å². The maximum atomic E-state index is 14.1. The number of carbonyl (C=O) groups is 1. The minimum Gasteiger partial charge on any atom is -0.494 e. The van der Waals surface area contributed by atoms with E-state index in [2.05, 4.69) is 20.8 Å². The maximum absolute atomic E-state index is 14.1. The van der Waals surface area contributed by atoms with E-state index in [1.807, 2.05) is 49.9 Å². The molecular formula is C23H41F2N3O3S. The molecule has 1 amide bonds. The van der Waals surface area contributed by atoms with Gasteiger partial charge in [0.25, 0.3) is 0 Å². The van der Waals surface area contributed by atoms with E-state index in [0.717, 1.165) is 22.3 Å². The first-order valence-electron chi connectivity index (χ1n) is 11.4. The first kappa shape index (κ1) is 30.3. The molecule has 0 bridgehead atoms.